The number of para-hydroxylation sites is 1. The molecule has 4 aliphatic rings. The predicted octanol–water partition coefficient (Wildman–Crippen LogP) is 2.65. The van der Waals surface area contributed by atoms with Crippen LogP contribution >= 0.6 is 0 Å². The van der Waals surface area contributed by atoms with Crippen LogP contribution in [0.15, 0.2) is 84.4 Å². The van der Waals surface area contributed by atoms with Gasteiger partial charge in [0.25, 0.3) is 0 Å². The Kier molecular flexibility index (Phi) is 6.38. The molecule has 9 nitrogen and oxygen atoms in total. The van der Waals surface area contributed by atoms with Crippen molar-refractivity contribution in [3.63, 3.8) is 0 Å². The summed E-state index contributed by atoms with van der Waals surface area (Å²) in [5.74, 6) is -7.04. The summed E-state index contributed by atoms with van der Waals surface area (Å²) in [5, 5.41) is 29.3. The van der Waals surface area contributed by atoms with Gasteiger partial charge in [0, 0.05) is 5.92 Å². The van der Waals surface area contributed by atoms with Crippen LogP contribution in [0.4, 0.5) is 15.8 Å². The SMILES string of the molecule is C[C@@]12C(=O)N(c3ccccc3)C(=O)[C@@H]1C[C@@H]1C(=CC[C@@H]3C(=O)N(c4cccc(B(O)O)c4)C(=O)[C@@H]31)[C@@H]2c1ccc(O)c(F)c1. The highest BCUT2D eigenvalue weighted by molar-refractivity contribution is 6.58. The van der Waals surface area contributed by atoms with E-state index in [0.29, 0.717) is 16.8 Å². The van der Waals surface area contributed by atoms with E-state index in [0.717, 1.165) is 4.90 Å². The largest absolute Gasteiger partial charge is 0.505 e. The molecule has 0 unspecified atom stereocenters. The summed E-state index contributed by atoms with van der Waals surface area (Å²) in [6.07, 6.45) is 2.19. The van der Waals surface area contributed by atoms with Gasteiger partial charge in [-0.2, -0.15) is 0 Å². The fraction of sp³-hybridized carbons (Fsp3) is 0.273. The summed E-state index contributed by atoms with van der Waals surface area (Å²) < 4.78 is 14.8. The number of benzene rings is 3. The lowest BCUT2D eigenvalue weighted by molar-refractivity contribution is -0.131. The van der Waals surface area contributed by atoms with E-state index >= 15 is 0 Å². The van der Waals surface area contributed by atoms with Crippen molar-refractivity contribution in [2.45, 2.75) is 25.7 Å². The Labute approximate surface area is 252 Å². The Morgan fingerprint density at radius 2 is 1.57 bits per heavy atom. The van der Waals surface area contributed by atoms with Gasteiger partial charge in [0.05, 0.1) is 34.5 Å². The molecule has 2 aliphatic heterocycles. The fourth-order valence-electron chi connectivity index (χ4n) is 8.00. The molecule has 2 heterocycles. The van der Waals surface area contributed by atoms with Gasteiger partial charge in [0.15, 0.2) is 11.6 Å². The van der Waals surface area contributed by atoms with Gasteiger partial charge in [0.1, 0.15) is 0 Å². The minimum absolute atomic E-state index is 0.121. The molecule has 0 aromatic heterocycles. The van der Waals surface area contributed by atoms with E-state index in [4.69, 9.17) is 0 Å². The topological polar surface area (TPSA) is 135 Å². The first-order valence-electron chi connectivity index (χ1n) is 14.5. The fourth-order valence-corrected chi connectivity index (χ4v) is 8.00. The molecule has 2 saturated heterocycles. The summed E-state index contributed by atoms with van der Waals surface area (Å²) in [6, 6.07) is 18.4. The van der Waals surface area contributed by atoms with Crippen molar-refractivity contribution < 1.29 is 38.7 Å². The van der Waals surface area contributed by atoms with Crippen LogP contribution in [0.25, 0.3) is 0 Å². The number of fused-ring (bicyclic) bond motifs is 4. The van der Waals surface area contributed by atoms with E-state index in [1.54, 1.807) is 43.3 Å². The van der Waals surface area contributed by atoms with Crippen molar-refractivity contribution in [2.24, 2.45) is 29.1 Å². The molecule has 0 spiro atoms. The third kappa shape index (κ3) is 3.85. The second kappa shape index (κ2) is 9.97. The molecule has 11 heteroatoms. The second-order valence-electron chi connectivity index (χ2n) is 12.2. The van der Waals surface area contributed by atoms with Crippen molar-refractivity contribution >= 4 is 47.6 Å². The zero-order valence-electron chi connectivity index (χ0n) is 23.6. The molecular formula is C33H28BFN2O7. The summed E-state index contributed by atoms with van der Waals surface area (Å²) in [7, 11) is -1.79. The first-order valence-corrected chi connectivity index (χ1v) is 14.5. The average molecular weight is 594 g/mol. The molecule has 7 rings (SSSR count). The summed E-state index contributed by atoms with van der Waals surface area (Å²) in [6.45, 7) is 1.71. The van der Waals surface area contributed by atoms with Crippen LogP contribution in [-0.4, -0.2) is 45.9 Å². The number of anilines is 2. The number of allylic oxidation sites excluding steroid dienone is 2. The number of amides is 4. The highest BCUT2D eigenvalue weighted by Gasteiger charge is 2.67. The van der Waals surface area contributed by atoms with E-state index in [-0.39, 0.29) is 24.0 Å². The smallest absolute Gasteiger partial charge is 0.488 e. The molecule has 1 saturated carbocycles. The molecule has 4 amide bonds. The van der Waals surface area contributed by atoms with E-state index < -0.39 is 77.3 Å². The van der Waals surface area contributed by atoms with Crippen molar-refractivity contribution in [1.29, 1.82) is 0 Å². The zero-order chi connectivity index (χ0) is 31.1. The third-order valence-corrected chi connectivity index (χ3v) is 10.0. The molecule has 3 aromatic rings. The number of phenolic OH excluding ortho intramolecular Hbond substituents is 1. The Hall–Kier alpha value is -4.61. The van der Waals surface area contributed by atoms with Crippen LogP contribution in [-0.2, 0) is 19.2 Å². The first kappa shape index (κ1) is 28.2. The molecule has 2 aliphatic carbocycles. The Morgan fingerprint density at radius 1 is 0.841 bits per heavy atom. The molecule has 0 radical (unpaired) electrons. The Morgan fingerprint density at radius 3 is 2.27 bits per heavy atom. The van der Waals surface area contributed by atoms with E-state index in [1.165, 1.54) is 41.3 Å². The van der Waals surface area contributed by atoms with Crippen molar-refractivity contribution in [1.82, 2.24) is 0 Å². The van der Waals surface area contributed by atoms with Gasteiger partial charge < -0.3 is 15.2 Å². The minimum Gasteiger partial charge on any atom is -0.505 e. The number of aromatic hydroxyl groups is 1. The van der Waals surface area contributed by atoms with Crippen LogP contribution in [0.5, 0.6) is 5.75 Å². The molecule has 44 heavy (non-hydrogen) atoms. The van der Waals surface area contributed by atoms with Gasteiger partial charge in [0.2, 0.25) is 23.6 Å². The Balaban J connectivity index is 1.36. The van der Waals surface area contributed by atoms with Gasteiger partial charge >= 0.3 is 7.12 Å². The zero-order valence-corrected chi connectivity index (χ0v) is 23.6. The maximum absolute atomic E-state index is 14.8. The highest BCUT2D eigenvalue weighted by Crippen LogP contribution is 2.63. The van der Waals surface area contributed by atoms with Crippen LogP contribution in [0.2, 0.25) is 0 Å². The number of hydrogen-bond donors (Lipinski definition) is 3. The van der Waals surface area contributed by atoms with Crippen molar-refractivity contribution in [3.05, 3.63) is 95.8 Å². The van der Waals surface area contributed by atoms with Crippen molar-refractivity contribution in [3.8, 4) is 5.75 Å². The molecular weight excluding hydrogens is 566 g/mol. The summed E-state index contributed by atoms with van der Waals surface area (Å²) in [4.78, 5) is 58.5. The maximum atomic E-state index is 14.8. The van der Waals surface area contributed by atoms with Gasteiger partial charge in [-0.1, -0.05) is 48.0 Å². The molecule has 6 atom stereocenters. The quantitative estimate of drug-likeness (QED) is 0.240. The monoisotopic (exact) mass is 594 g/mol. The number of rotatable bonds is 4. The molecule has 3 aromatic carbocycles. The number of carbonyl (C=O) groups is 4. The number of imide groups is 2. The highest BCUT2D eigenvalue weighted by atomic mass is 19.1. The van der Waals surface area contributed by atoms with E-state index in [1.807, 2.05) is 6.08 Å². The molecule has 3 N–H and O–H groups in total. The molecule has 0 bridgehead atoms. The normalized spacial score (nSPS) is 29.4. The van der Waals surface area contributed by atoms with Crippen LogP contribution in [0.3, 0.4) is 0 Å². The van der Waals surface area contributed by atoms with Gasteiger partial charge in [-0.3, -0.25) is 24.1 Å². The van der Waals surface area contributed by atoms with Gasteiger partial charge in [-0.25, -0.2) is 9.29 Å². The lowest BCUT2D eigenvalue weighted by atomic mass is 9.51. The minimum atomic E-state index is -1.79. The predicted molar refractivity (Wildman–Crippen MR) is 158 cm³/mol. The number of carbonyl (C=O) groups excluding carboxylic acids is 4. The Bertz CT molecular complexity index is 1780. The van der Waals surface area contributed by atoms with Crippen LogP contribution < -0.4 is 15.3 Å². The lowest BCUT2D eigenvalue weighted by Gasteiger charge is -2.49. The molecule has 3 fully saturated rings. The number of halogens is 1. The maximum Gasteiger partial charge on any atom is 0.488 e. The third-order valence-electron chi connectivity index (χ3n) is 10.0. The number of hydrogen-bond acceptors (Lipinski definition) is 7. The summed E-state index contributed by atoms with van der Waals surface area (Å²) >= 11 is 0. The van der Waals surface area contributed by atoms with Crippen LogP contribution in [0.1, 0.15) is 31.2 Å². The second-order valence-corrected chi connectivity index (χ2v) is 12.2. The first-order chi connectivity index (χ1) is 21.0. The average Bonchev–Trinajstić information content (AvgIpc) is 3.38. The van der Waals surface area contributed by atoms with Gasteiger partial charge in [-0.05, 0) is 73.1 Å². The van der Waals surface area contributed by atoms with E-state index in [9.17, 15) is 38.7 Å². The molecule has 222 valence electrons. The van der Waals surface area contributed by atoms with Crippen molar-refractivity contribution in [2.75, 3.05) is 9.80 Å². The lowest BCUT2D eigenvalue weighted by Crippen LogP contribution is -2.48. The van der Waals surface area contributed by atoms with Gasteiger partial charge in [-0.15, -0.1) is 0 Å². The summed E-state index contributed by atoms with van der Waals surface area (Å²) in [5.41, 5.74) is 0.484. The number of phenols is 1. The van der Waals surface area contributed by atoms with Crippen LogP contribution in [0, 0.1) is 34.9 Å². The van der Waals surface area contributed by atoms with E-state index in [2.05, 4.69) is 0 Å². The standard InChI is InChI=1S/C33H28BFN2O7/c1-33-24(30(40)37(32(33)42)19-7-3-2-4-8-19)16-23-21(28(33)17-10-13-26(38)25(35)14-17)11-12-22-27(23)31(41)36(29(22)39)20-9-5-6-18(15-20)34(43)44/h2-11,13-15,22-24,27-28,38,43-44H,12,16H2,1H3/t22-,23+,24-,27-,28-,33+/m0/s1. The number of nitrogens with zero attached hydrogens (tertiary/aromatic N) is 2.